The summed E-state index contributed by atoms with van der Waals surface area (Å²) in [5.41, 5.74) is 2.62. The fraction of sp³-hybridized carbons (Fsp3) is 0.375. The van der Waals surface area contributed by atoms with E-state index in [1.165, 1.54) is 24.0 Å². The van der Waals surface area contributed by atoms with Gasteiger partial charge >= 0.3 is 0 Å². The molecule has 3 rings (SSSR count). The number of furan rings is 1. The third-order valence-corrected chi connectivity index (χ3v) is 3.72. The number of hydrogen-bond donors (Lipinski definition) is 1. The molecule has 2 aromatic rings. The Morgan fingerprint density at radius 1 is 1.11 bits per heavy atom. The Hall–Kier alpha value is -1.54. The Kier molecular flexibility index (Phi) is 3.20. The monoisotopic (exact) mass is 241 g/mol. The topological polar surface area (TPSA) is 25.2 Å². The minimum Gasteiger partial charge on any atom is -0.472 e. The summed E-state index contributed by atoms with van der Waals surface area (Å²) in [6, 6.07) is 13.6. The molecule has 0 bridgehead atoms. The van der Waals surface area contributed by atoms with Crippen molar-refractivity contribution in [2.45, 2.75) is 31.8 Å². The molecule has 2 atom stereocenters. The predicted octanol–water partition coefficient (Wildman–Crippen LogP) is 4.08. The van der Waals surface area contributed by atoms with E-state index < -0.39 is 0 Å². The van der Waals surface area contributed by atoms with Crippen LogP contribution in [0.5, 0.6) is 0 Å². The van der Waals surface area contributed by atoms with E-state index in [0.29, 0.717) is 12.1 Å². The van der Waals surface area contributed by atoms with Gasteiger partial charge < -0.3 is 9.73 Å². The first-order valence-corrected chi connectivity index (χ1v) is 6.67. The average molecular weight is 241 g/mol. The number of rotatable bonds is 5. The molecule has 1 fully saturated rings. The van der Waals surface area contributed by atoms with Crippen LogP contribution in [-0.4, -0.2) is 0 Å². The highest BCUT2D eigenvalue weighted by Crippen LogP contribution is 2.42. The first-order chi connectivity index (χ1) is 8.84. The summed E-state index contributed by atoms with van der Waals surface area (Å²) in [6.45, 7) is 2.20. The molecule has 0 spiro atoms. The van der Waals surface area contributed by atoms with Crippen molar-refractivity contribution in [3.05, 3.63) is 60.1 Å². The molecule has 18 heavy (non-hydrogen) atoms. The molecule has 1 aliphatic rings. The summed E-state index contributed by atoms with van der Waals surface area (Å²) >= 11 is 0. The van der Waals surface area contributed by atoms with Gasteiger partial charge in [-0.1, -0.05) is 30.3 Å². The third-order valence-electron chi connectivity index (χ3n) is 3.72. The summed E-state index contributed by atoms with van der Waals surface area (Å²) in [7, 11) is 0. The molecule has 1 aliphatic carbocycles. The van der Waals surface area contributed by atoms with Crippen LogP contribution < -0.4 is 5.32 Å². The van der Waals surface area contributed by atoms with Crippen LogP contribution in [0.3, 0.4) is 0 Å². The number of benzene rings is 1. The van der Waals surface area contributed by atoms with Crippen molar-refractivity contribution in [3.63, 3.8) is 0 Å². The second-order valence-corrected chi connectivity index (χ2v) is 5.17. The molecule has 1 heterocycles. The molecule has 1 saturated carbocycles. The zero-order valence-corrected chi connectivity index (χ0v) is 10.7. The van der Waals surface area contributed by atoms with E-state index >= 15 is 0 Å². The Balaban J connectivity index is 1.75. The van der Waals surface area contributed by atoms with Crippen molar-refractivity contribution in [1.82, 2.24) is 5.32 Å². The third kappa shape index (κ3) is 2.49. The smallest absolute Gasteiger partial charge is 0.0950 e. The zero-order chi connectivity index (χ0) is 12.4. The van der Waals surface area contributed by atoms with Gasteiger partial charge in [0, 0.05) is 17.6 Å². The fourth-order valence-electron chi connectivity index (χ4n) is 2.48. The van der Waals surface area contributed by atoms with Crippen LogP contribution in [0.15, 0.2) is 53.3 Å². The highest BCUT2D eigenvalue weighted by molar-refractivity contribution is 5.22. The van der Waals surface area contributed by atoms with E-state index in [9.17, 15) is 0 Å². The first-order valence-electron chi connectivity index (χ1n) is 6.67. The van der Waals surface area contributed by atoms with Crippen LogP contribution in [0, 0.1) is 5.92 Å². The van der Waals surface area contributed by atoms with Crippen molar-refractivity contribution in [2.24, 2.45) is 5.92 Å². The molecule has 94 valence electrons. The van der Waals surface area contributed by atoms with E-state index in [2.05, 4.69) is 42.6 Å². The average Bonchev–Trinajstić information content (AvgIpc) is 3.10. The van der Waals surface area contributed by atoms with Crippen LogP contribution in [0.4, 0.5) is 0 Å². The fourth-order valence-corrected chi connectivity index (χ4v) is 2.48. The van der Waals surface area contributed by atoms with E-state index in [1.807, 2.05) is 12.3 Å². The van der Waals surface area contributed by atoms with Gasteiger partial charge in [-0.2, -0.15) is 0 Å². The van der Waals surface area contributed by atoms with Crippen LogP contribution >= 0.6 is 0 Å². The summed E-state index contributed by atoms with van der Waals surface area (Å²) in [5.74, 6) is 0.793. The van der Waals surface area contributed by atoms with E-state index in [-0.39, 0.29) is 0 Å². The van der Waals surface area contributed by atoms with Crippen LogP contribution in [-0.2, 0) is 0 Å². The van der Waals surface area contributed by atoms with Crippen molar-refractivity contribution < 1.29 is 4.42 Å². The quantitative estimate of drug-likeness (QED) is 0.853. The molecule has 2 heteroatoms. The van der Waals surface area contributed by atoms with Crippen molar-refractivity contribution in [3.8, 4) is 0 Å². The lowest BCUT2D eigenvalue weighted by molar-refractivity contribution is 0.424. The van der Waals surface area contributed by atoms with E-state index in [4.69, 9.17) is 4.42 Å². The second kappa shape index (κ2) is 4.99. The molecule has 0 amide bonds. The Labute approximate surface area is 108 Å². The van der Waals surface area contributed by atoms with Gasteiger partial charge in [0.2, 0.25) is 0 Å². The van der Waals surface area contributed by atoms with E-state index in [1.54, 1.807) is 6.26 Å². The van der Waals surface area contributed by atoms with Gasteiger partial charge in [0.1, 0.15) is 0 Å². The Morgan fingerprint density at radius 2 is 1.89 bits per heavy atom. The van der Waals surface area contributed by atoms with Crippen LogP contribution in [0.25, 0.3) is 0 Å². The lowest BCUT2D eigenvalue weighted by atomic mass is 10.0. The minimum absolute atomic E-state index is 0.328. The SMILES string of the molecule is CC(NC(c1ccccc1)C1CC1)c1ccoc1. The Morgan fingerprint density at radius 3 is 2.50 bits per heavy atom. The van der Waals surface area contributed by atoms with E-state index in [0.717, 1.165) is 5.92 Å². The largest absolute Gasteiger partial charge is 0.472 e. The summed E-state index contributed by atoms with van der Waals surface area (Å²) in [6.07, 6.45) is 6.24. The van der Waals surface area contributed by atoms with Gasteiger partial charge in [-0.15, -0.1) is 0 Å². The highest BCUT2D eigenvalue weighted by Gasteiger charge is 2.33. The highest BCUT2D eigenvalue weighted by atomic mass is 16.3. The maximum absolute atomic E-state index is 5.16. The first kappa shape index (κ1) is 11.5. The molecule has 1 N–H and O–H groups in total. The van der Waals surface area contributed by atoms with Crippen LogP contribution in [0.1, 0.15) is 43.0 Å². The summed E-state index contributed by atoms with van der Waals surface area (Å²) in [4.78, 5) is 0. The summed E-state index contributed by atoms with van der Waals surface area (Å²) in [5, 5.41) is 3.74. The normalized spacial score (nSPS) is 18.5. The maximum atomic E-state index is 5.16. The lowest BCUT2D eigenvalue weighted by Gasteiger charge is -2.23. The molecule has 1 aromatic carbocycles. The molecular formula is C16H19NO. The van der Waals surface area contributed by atoms with Gasteiger partial charge in [-0.05, 0) is 37.3 Å². The zero-order valence-electron chi connectivity index (χ0n) is 10.7. The Bertz CT molecular complexity index is 473. The van der Waals surface area contributed by atoms with Crippen molar-refractivity contribution in [2.75, 3.05) is 0 Å². The molecule has 1 aromatic heterocycles. The van der Waals surface area contributed by atoms with Crippen LogP contribution in [0.2, 0.25) is 0 Å². The van der Waals surface area contributed by atoms with Gasteiger partial charge in [0.25, 0.3) is 0 Å². The van der Waals surface area contributed by atoms with Crippen molar-refractivity contribution >= 4 is 0 Å². The number of hydrogen-bond acceptors (Lipinski definition) is 2. The van der Waals surface area contributed by atoms with Gasteiger partial charge in [0.05, 0.1) is 12.5 Å². The standard InChI is InChI=1S/C16H19NO/c1-12(15-9-10-18-11-15)17-16(14-7-8-14)13-5-3-2-4-6-13/h2-6,9-12,14,16-17H,7-8H2,1H3. The second-order valence-electron chi connectivity index (χ2n) is 5.17. The predicted molar refractivity (Wildman–Crippen MR) is 72.2 cm³/mol. The van der Waals surface area contributed by atoms with Gasteiger partial charge in [-0.25, -0.2) is 0 Å². The molecule has 2 unspecified atom stereocenters. The van der Waals surface area contributed by atoms with Gasteiger partial charge in [0.15, 0.2) is 0 Å². The maximum Gasteiger partial charge on any atom is 0.0950 e. The summed E-state index contributed by atoms with van der Waals surface area (Å²) < 4.78 is 5.16. The molecule has 0 radical (unpaired) electrons. The molecular weight excluding hydrogens is 222 g/mol. The van der Waals surface area contributed by atoms with Crippen molar-refractivity contribution in [1.29, 1.82) is 0 Å². The molecule has 2 nitrogen and oxygen atoms in total. The van der Waals surface area contributed by atoms with Gasteiger partial charge in [-0.3, -0.25) is 0 Å². The minimum atomic E-state index is 0.328. The lowest BCUT2D eigenvalue weighted by Crippen LogP contribution is -2.25. The molecule has 0 aliphatic heterocycles. The molecule has 0 saturated heterocycles. The number of nitrogens with one attached hydrogen (secondary N) is 1.